The molecule has 0 saturated heterocycles. The van der Waals surface area contributed by atoms with Gasteiger partial charge in [-0.3, -0.25) is 19.4 Å². The summed E-state index contributed by atoms with van der Waals surface area (Å²) in [6.45, 7) is -1.81. The number of amides is 3. The fourth-order valence-corrected chi connectivity index (χ4v) is 1.85. The zero-order valence-electron chi connectivity index (χ0n) is 15.1. The van der Waals surface area contributed by atoms with Gasteiger partial charge in [0.2, 0.25) is 17.7 Å². The van der Waals surface area contributed by atoms with Gasteiger partial charge < -0.3 is 48.5 Å². The van der Waals surface area contributed by atoms with E-state index in [1.165, 1.54) is 0 Å². The van der Waals surface area contributed by atoms with Crippen molar-refractivity contribution in [2.45, 2.75) is 31.0 Å². The molecule has 3 unspecified atom stereocenters. The molecule has 0 aromatic heterocycles. The molecule has 0 aliphatic rings. The summed E-state index contributed by atoms with van der Waals surface area (Å²) in [7, 11) is 0. The van der Waals surface area contributed by atoms with Gasteiger partial charge in [-0.25, -0.2) is 4.79 Å². The van der Waals surface area contributed by atoms with Crippen LogP contribution in [0.2, 0.25) is 0 Å². The lowest BCUT2D eigenvalue weighted by atomic mass is 10.1. The molecule has 0 fully saturated rings. The Labute approximate surface area is 160 Å². The number of rotatable bonds is 13. The van der Waals surface area contributed by atoms with Gasteiger partial charge in [0.1, 0.15) is 18.1 Å². The third-order valence-electron chi connectivity index (χ3n) is 3.35. The molecule has 28 heavy (non-hydrogen) atoms. The fourth-order valence-electron chi connectivity index (χ4n) is 1.85. The van der Waals surface area contributed by atoms with Crippen molar-refractivity contribution >= 4 is 29.7 Å². The van der Waals surface area contributed by atoms with Crippen LogP contribution in [0.15, 0.2) is 4.99 Å². The zero-order chi connectivity index (χ0) is 21.7. The molecule has 0 aromatic rings. The van der Waals surface area contributed by atoms with Gasteiger partial charge in [-0.15, -0.1) is 0 Å². The van der Waals surface area contributed by atoms with Crippen molar-refractivity contribution in [1.29, 1.82) is 0 Å². The Hall–Kier alpha value is -2.97. The molecule has 0 aliphatic heterocycles. The number of carboxylic acids is 1. The van der Waals surface area contributed by atoms with Crippen molar-refractivity contribution in [2.24, 2.45) is 22.2 Å². The average Bonchev–Trinajstić information content (AvgIpc) is 2.64. The third kappa shape index (κ3) is 10.2. The van der Waals surface area contributed by atoms with Crippen molar-refractivity contribution in [2.75, 3.05) is 26.3 Å². The summed E-state index contributed by atoms with van der Waals surface area (Å²) in [4.78, 5) is 50.1. The first kappa shape index (κ1) is 25.0. The number of guanidine groups is 1. The number of nitrogens with one attached hydrogen (secondary N) is 3. The molecule has 160 valence electrons. The highest BCUT2D eigenvalue weighted by Crippen LogP contribution is 1.99. The minimum absolute atomic E-state index is 0.0130. The predicted molar refractivity (Wildman–Crippen MR) is 96.6 cm³/mol. The number of hydrogen-bond donors (Lipinski definition) is 9. The van der Waals surface area contributed by atoms with E-state index < -0.39 is 61.6 Å². The maximum atomic E-state index is 12.1. The smallest absolute Gasteiger partial charge is 0.326 e. The minimum atomic E-state index is -1.43. The van der Waals surface area contributed by atoms with Crippen molar-refractivity contribution in [1.82, 2.24) is 16.0 Å². The van der Waals surface area contributed by atoms with E-state index in [4.69, 9.17) is 27.4 Å². The van der Waals surface area contributed by atoms with Gasteiger partial charge in [0.15, 0.2) is 5.96 Å². The number of aliphatic hydroxyl groups is 2. The van der Waals surface area contributed by atoms with Crippen LogP contribution in [0.3, 0.4) is 0 Å². The summed E-state index contributed by atoms with van der Waals surface area (Å²) in [6.07, 6.45) is 0.279. The number of aliphatic hydroxyl groups excluding tert-OH is 2. The molecule has 0 rings (SSSR count). The molecule has 0 spiro atoms. The summed E-state index contributed by atoms with van der Waals surface area (Å²) < 4.78 is 0. The number of aliphatic carboxylic acids is 1. The molecule has 0 bridgehead atoms. The Balaban J connectivity index is 4.61. The van der Waals surface area contributed by atoms with E-state index in [2.05, 4.69) is 20.9 Å². The van der Waals surface area contributed by atoms with Gasteiger partial charge in [0.05, 0.1) is 19.8 Å². The van der Waals surface area contributed by atoms with Crippen molar-refractivity contribution in [3.63, 3.8) is 0 Å². The first-order chi connectivity index (χ1) is 13.1. The quantitative estimate of drug-likeness (QED) is 0.0797. The maximum absolute atomic E-state index is 12.1. The second-order valence-corrected chi connectivity index (χ2v) is 5.66. The molecule has 3 atom stereocenters. The molecule has 14 nitrogen and oxygen atoms in total. The molecular weight excluding hydrogens is 378 g/mol. The molecule has 0 aliphatic carbocycles. The number of carbonyl (C=O) groups excluding carboxylic acids is 3. The van der Waals surface area contributed by atoms with Crippen LogP contribution < -0.4 is 33.2 Å². The van der Waals surface area contributed by atoms with Crippen LogP contribution in [0, 0.1) is 0 Å². The van der Waals surface area contributed by atoms with Gasteiger partial charge in [0.25, 0.3) is 0 Å². The minimum Gasteiger partial charge on any atom is -0.480 e. The summed E-state index contributed by atoms with van der Waals surface area (Å²) in [6, 6.07) is -3.93. The Kier molecular flexibility index (Phi) is 11.8. The van der Waals surface area contributed by atoms with Crippen LogP contribution in [0.4, 0.5) is 0 Å². The maximum Gasteiger partial charge on any atom is 0.326 e. The molecule has 3 amide bonds. The van der Waals surface area contributed by atoms with Crippen LogP contribution in [-0.2, 0) is 19.2 Å². The number of aliphatic imine (C=N–C) groups is 1. The molecule has 0 aromatic carbocycles. The fraction of sp³-hybridized carbons (Fsp3) is 0.643. The van der Waals surface area contributed by atoms with Gasteiger partial charge in [-0.2, -0.15) is 0 Å². The Morgan fingerprint density at radius 1 is 0.964 bits per heavy atom. The number of carboxylic acid groups (broad SMARTS) is 1. The van der Waals surface area contributed by atoms with E-state index in [1.54, 1.807) is 0 Å². The summed E-state index contributed by atoms with van der Waals surface area (Å²) in [5, 5.41) is 33.6. The lowest BCUT2D eigenvalue weighted by Crippen LogP contribution is -2.55. The van der Waals surface area contributed by atoms with Crippen molar-refractivity contribution < 1.29 is 34.5 Å². The Morgan fingerprint density at radius 2 is 1.61 bits per heavy atom. The summed E-state index contributed by atoms with van der Waals surface area (Å²) in [5.74, 6) is -4.00. The highest BCUT2D eigenvalue weighted by atomic mass is 16.4. The second kappa shape index (κ2) is 13.2. The Bertz CT molecular complexity index is 580. The summed E-state index contributed by atoms with van der Waals surface area (Å²) >= 11 is 0. The van der Waals surface area contributed by atoms with E-state index in [9.17, 15) is 24.3 Å². The first-order valence-electron chi connectivity index (χ1n) is 8.25. The van der Waals surface area contributed by atoms with Gasteiger partial charge in [-0.05, 0) is 12.8 Å². The summed E-state index contributed by atoms with van der Waals surface area (Å²) in [5.41, 5.74) is 15.6. The highest BCUT2D eigenvalue weighted by molar-refractivity contribution is 5.92. The number of carbonyl (C=O) groups is 4. The number of hydrogen-bond acceptors (Lipinski definition) is 8. The Morgan fingerprint density at radius 3 is 2.11 bits per heavy atom. The normalized spacial score (nSPS) is 13.5. The van der Waals surface area contributed by atoms with E-state index in [1.807, 2.05) is 0 Å². The molecule has 14 heteroatoms. The van der Waals surface area contributed by atoms with Crippen LogP contribution in [0.1, 0.15) is 12.8 Å². The van der Waals surface area contributed by atoms with E-state index in [0.717, 1.165) is 0 Å². The van der Waals surface area contributed by atoms with E-state index in [-0.39, 0.29) is 25.3 Å². The molecular formula is C14H27N7O7. The number of nitrogens with two attached hydrogens (primary N) is 3. The van der Waals surface area contributed by atoms with Crippen LogP contribution in [-0.4, -0.2) is 89.4 Å². The van der Waals surface area contributed by atoms with E-state index >= 15 is 0 Å². The molecule has 0 saturated carbocycles. The number of nitrogens with zero attached hydrogens (tertiary/aromatic N) is 1. The largest absolute Gasteiger partial charge is 0.480 e. The van der Waals surface area contributed by atoms with Crippen molar-refractivity contribution in [3.8, 4) is 0 Å². The monoisotopic (exact) mass is 405 g/mol. The lowest BCUT2D eigenvalue weighted by Gasteiger charge is -2.20. The molecule has 0 radical (unpaired) electrons. The SMILES string of the molecule is NC(N)=NCCCC(NC(=O)C(CO)NC(=O)CNC(=O)C(N)CO)C(=O)O. The second-order valence-electron chi connectivity index (χ2n) is 5.66. The lowest BCUT2D eigenvalue weighted by molar-refractivity contribution is -0.142. The average molecular weight is 405 g/mol. The van der Waals surface area contributed by atoms with Crippen LogP contribution >= 0.6 is 0 Å². The first-order valence-corrected chi connectivity index (χ1v) is 8.25. The van der Waals surface area contributed by atoms with Crippen LogP contribution in [0.25, 0.3) is 0 Å². The van der Waals surface area contributed by atoms with Gasteiger partial charge in [0, 0.05) is 6.54 Å². The predicted octanol–water partition coefficient (Wildman–Crippen LogP) is -5.48. The van der Waals surface area contributed by atoms with Crippen molar-refractivity contribution in [3.05, 3.63) is 0 Å². The highest BCUT2D eigenvalue weighted by Gasteiger charge is 2.26. The standard InChI is InChI=1S/C14H27N7O7/c15-7(5-22)11(25)19-4-10(24)20-9(6-23)12(26)21-8(13(27)28)2-1-3-18-14(16)17/h7-9,22-23H,1-6,15H2,(H,19,25)(H,20,24)(H,21,26)(H,27,28)(H4,16,17,18). The molecule has 12 N–H and O–H groups in total. The zero-order valence-corrected chi connectivity index (χ0v) is 15.1. The topological polar surface area (TPSA) is 255 Å². The van der Waals surface area contributed by atoms with Crippen LogP contribution in [0.5, 0.6) is 0 Å². The van der Waals surface area contributed by atoms with E-state index in [0.29, 0.717) is 0 Å². The van der Waals surface area contributed by atoms with Gasteiger partial charge >= 0.3 is 5.97 Å². The van der Waals surface area contributed by atoms with Gasteiger partial charge in [-0.1, -0.05) is 0 Å². The molecule has 0 heterocycles. The third-order valence-corrected chi connectivity index (χ3v) is 3.35.